The lowest BCUT2D eigenvalue weighted by atomic mass is 9.71. The summed E-state index contributed by atoms with van der Waals surface area (Å²) >= 11 is 0. The van der Waals surface area contributed by atoms with Crippen LogP contribution in [0.5, 0.6) is 11.5 Å². The van der Waals surface area contributed by atoms with Crippen LogP contribution in [0.2, 0.25) is 0 Å². The molecule has 0 bridgehead atoms. The molecule has 2 aliphatic carbocycles. The Morgan fingerprint density at radius 3 is 1.05 bits per heavy atom. The molecule has 17 rings (SSSR count). The largest absolute Gasteiger partial charge is 0.454 e. The van der Waals surface area contributed by atoms with Crippen LogP contribution in [0, 0.1) is 0 Å². The maximum Gasteiger partial charge on any atom is 0.231 e. The summed E-state index contributed by atoms with van der Waals surface area (Å²) in [6.45, 7) is 18.4. The van der Waals surface area contributed by atoms with Gasteiger partial charge in [0.1, 0.15) is 0 Å². The Kier molecular flexibility index (Phi) is 34.0. The second-order valence-corrected chi connectivity index (χ2v) is 29.9. The summed E-state index contributed by atoms with van der Waals surface area (Å²) < 4.78 is 10.4. The first-order valence-corrected chi connectivity index (χ1v) is 41.1. The van der Waals surface area contributed by atoms with Gasteiger partial charge in [0.25, 0.3) is 0 Å². The lowest BCUT2D eigenvalue weighted by molar-refractivity contribution is 0.174. The van der Waals surface area contributed by atoms with Gasteiger partial charge >= 0.3 is 0 Å². The van der Waals surface area contributed by atoms with Crippen molar-refractivity contribution in [1.29, 1.82) is 0 Å². The van der Waals surface area contributed by atoms with E-state index in [9.17, 15) is 0 Å². The second-order valence-electron chi connectivity index (χ2n) is 29.9. The lowest BCUT2D eigenvalue weighted by Crippen LogP contribution is -2.25. The summed E-state index contributed by atoms with van der Waals surface area (Å²) in [5.74, 6) is 5.49. The third-order valence-corrected chi connectivity index (χ3v) is 22.1. The average molecular weight is 1470 g/mol. The molecule has 0 spiro atoms. The van der Waals surface area contributed by atoms with E-state index in [-0.39, 0.29) is 5.41 Å². The van der Waals surface area contributed by atoms with Crippen LogP contribution in [-0.4, -0.2) is 6.79 Å². The number of aryl methyl sites for hydroxylation is 3. The van der Waals surface area contributed by atoms with Gasteiger partial charge in [0.15, 0.2) is 11.5 Å². The second kappa shape index (κ2) is 45.7. The van der Waals surface area contributed by atoms with Crippen LogP contribution in [-0.2, 0) is 31.1 Å². The van der Waals surface area contributed by atoms with Crippen LogP contribution in [0.4, 0.5) is 0 Å². The van der Waals surface area contributed by atoms with E-state index in [1.165, 1.54) is 112 Å². The Morgan fingerprint density at radius 2 is 0.670 bits per heavy atom. The van der Waals surface area contributed by atoms with E-state index in [0.29, 0.717) is 30.5 Å². The van der Waals surface area contributed by atoms with Gasteiger partial charge in [-0.15, -0.1) is 0 Å². The molecule has 1 heterocycles. The monoisotopic (exact) mass is 1470 g/mol. The molecule has 0 saturated carbocycles. The lowest BCUT2D eigenvalue weighted by Gasteiger charge is -2.31. The van der Waals surface area contributed by atoms with Crippen LogP contribution < -0.4 is 9.47 Å². The number of ether oxygens (including phenoxy) is 2. The van der Waals surface area contributed by atoms with Crippen molar-refractivity contribution >= 4 is 0 Å². The van der Waals surface area contributed by atoms with Gasteiger partial charge in [-0.3, -0.25) is 0 Å². The highest BCUT2D eigenvalue weighted by atomic mass is 16.7. The summed E-state index contributed by atoms with van der Waals surface area (Å²) in [5, 5.41) is 0. The quantitative estimate of drug-likeness (QED) is 0.0898. The molecule has 3 unspecified atom stereocenters. The molecule has 2 heteroatoms. The van der Waals surface area contributed by atoms with Crippen molar-refractivity contribution in [2.24, 2.45) is 0 Å². The third-order valence-electron chi connectivity index (χ3n) is 22.1. The molecule has 14 aromatic carbocycles. The predicted molar refractivity (Wildman–Crippen MR) is 478 cm³/mol. The molecule has 570 valence electrons. The fraction of sp³-hybridized carbons (Fsp3) is 0.236. The molecule has 0 N–H and O–H groups in total. The molecule has 0 radical (unpaired) electrons. The maximum atomic E-state index is 5.22. The number of benzene rings is 14. The molecule has 14 aromatic rings. The molecule has 2 nitrogen and oxygen atoms in total. The average Bonchev–Trinajstić information content (AvgIpc) is 1.02. The van der Waals surface area contributed by atoms with Gasteiger partial charge < -0.3 is 9.47 Å². The maximum absolute atomic E-state index is 5.22. The fourth-order valence-corrected chi connectivity index (χ4v) is 15.5. The molecule has 1 aliphatic heterocycles. The molecule has 112 heavy (non-hydrogen) atoms. The first kappa shape index (κ1) is 83.2. The first-order valence-electron chi connectivity index (χ1n) is 41.1. The van der Waals surface area contributed by atoms with Crippen molar-refractivity contribution in [3.8, 4) is 11.5 Å². The van der Waals surface area contributed by atoms with E-state index < -0.39 is 0 Å². The van der Waals surface area contributed by atoms with Gasteiger partial charge in [-0.1, -0.05) is 443 Å². The number of hydrogen-bond acceptors (Lipinski definition) is 2. The van der Waals surface area contributed by atoms with Crippen LogP contribution in [0.3, 0.4) is 0 Å². The van der Waals surface area contributed by atoms with Gasteiger partial charge in [-0.05, 0) is 184 Å². The normalized spacial score (nSPS) is 13.5. The van der Waals surface area contributed by atoms with Gasteiger partial charge in [-0.25, -0.2) is 0 Å². The van der Waals surface area contributed by atoms with E-state index >= 15 is 0 Å². The highest BCUT2D eigenvalue weighted by Gasteiger charge is 2.31. The number of rotatable bonds is 16. The molecule has 3 aliphatic rings. The van der Waals surface area contributed by atoms with E-state index in [0.717, 1.165) is 42.6 Å². The Bertz CT molecular complexity index is 4590. The van der Waals surface area contributed by atoms with Gasteiger partial charge in [-0.2, -0.15) is 0 Å². The zero-order valence-electron chi connectivity index (χ0n) is 67.7. The summed E-state index contributed by atoms with van der Waals surface area (Å²) in [7, 11) is 0. The molecule has 0 fully saturated rings. The molecular formula is C110H118O2. The summed E-state index contributed by atoms with van der Waals surface area (Å²) in [6, 6.07) is 141. The number of hydrogen-bond donors (Lipinski definition) is 0. The summed E-state index contributed by atoms with van der Waals surface area (Å²) in [6.07, 6.45) is 12.4. The minimum atomic E-state index is -0.121. The Labute approximate surface area is 673 Å². The number of fused-ring (bicyclic) bond motifs is 3. The van der Waals surface area contributed by atoms with Crippen molar-refractivity contribution in [1.82, 2.24) is 0 Å². The molecular weight excluding hydrogens is 1350 g/mol. The molecule has 0 saturated heterocycles. The minimum Gasteiger partial charge on any atom is -0.454 e. The van der Waals surface area contributed by atoms with Crippen molar-refractivity contribution in [3.05, 3.63) is 489 Å². The Balaban J connectivity index is 0.000000137. The highest BCUT2D eigenvalue weighted by Crippen LogP contribution is 2.40. The minimum absolute atomic E-state index is 0.121. The standard InChI is InChI=1S/C20H18.C16H18.2C15H16.C14H14.C11H14.C10H12.C9H10O2/c1-20(17-11-5-2-6-12-17,18-13-7-3-8-14-18)19-15-9-4-10-16-19;1-2-9-16(14-10-5-3-6-11-14)15-12-7-4-8-13-15;1-13(15-10-6-3-7-11-15)12-14-8-4-2-5-9-14;1-2-15(13-9-5-3-6-10-13)14-11-7-4-8-12-14;1-12(13-8-4-2-5-9-13)14-10-6-3-7-11-14;1-9-5-4-7-10-6-2-3-8-11(9)10;1-8-6-7-9-4-2-3-5-10(8)9;1-2-7-3-4-8-9(5-7)11-6-10-8/h2-16H,1H3;3-8,10-13,16H,2,9H2,1H3;2-11,13H,12H2,1H3;3-12,15H,2H2,1H3;2-12H,1H3;2-3,6,8-9H,4-5,7H2,1H3;2-5,8H,6-7H2,1H3;3-5H,2,6H2,1H3. The van der Waals surface area contributed by atoms with E-state index in [1.54, 1.807) is 22.3 Å². The topological polar surface area (TPSA) is 18.5 Å². The Hall–Kier alpha value is -11.3. The SMILES string of the molecule is CC(Cc1ccccc1)c1ccccc1.CC(c1ccccc1)(c1ccccc1)c1ccccc1.CC(c1ccccc1)c1ccccc1.CC1CCCc2ccccc21.CC1CCc2ccccc21.CCC(c1ccccc1)c1ccccc1.CCCC(c1ccccc1)c1ccccc1.CCc1ccc2c(c1)OCO2. The zero-order valence-corrected chi connectivity index (χ0v) is 67.7. The smallest absolute Gasteiger partial charge is 0.231 e. The highest BCUT2D eigenvalue weighted by molar-refractivity contribution is 5.50. The Morgan fingerprint density at radius 1 is 0.330 bits per heavy atom. The van der Waals surface area contributed by atoms with E-state index in [2.05, 4.69) is 444 Å². The van der Waals surface area contributed by atoms with Crippen LogP contribution in [0.1, 0.15) is 218 Å². The van der Waals surface area contributed by atoms with Crippen molar-refractivity contribution in [3.63, 3.8) is 0 Å². The molecule has 0 amide bonds. The molecule has 3 atom stereocenters. The zero-order chi connectivity index (χ0) is 78.2. The van der Waals surface area contributed by atoms with E-state index in [4.69, 9.17) is 9.47 Å². The van der Waals surface area contributed by atoms with Crippen molar-refractivity contribution in [2.75, 3.05) is 6.79 Å². The van der Waals surface area contributed by atoms with Crippen LogP contribution in [0.15, 0.2) is 400 Å². The fourth-order valence-electron chi connectivity index (χ4n) is 15.5. The first-order chi connectivity index (χ1) is 55.0. The van der Waals surface area contributed by atoms with Gasteiger partial charge in [0.2, 0.25) is 6.79 Å². The third kappa shape index (κ3) is 25.1. The summed E-state index contributed by atoms with van der Waals surface area (Å²) in [5.41, 5.74) is 22.7. The van der Waals surface area contributed by atoms with Gasteiger partial charge in [0.05, 0.1) is 0 Å². The van der Waals surface area contributed by atoms with Crippen LogP contribution in [0.25, 0.3) is 0 Å². The van der Waals surface area contributed by atoms with Crippen molar-refractivity contribution < 1.29 is 9.47 Å². The van der Waals surface area contributed by atoms with E-state index in [1.807, 2.05) is 12.1 Å². The van der Waals surface area contributed by atoms with Gasteiger partial charge in [0, 0.05) is 23.2 Å². The molecule has 0 aromatic heterocycles. The van der Waals surface area contributed by atoms with Crippen molar-refractivity contribution in [2.45, 2.75) is 161 Å². The predicted octanol–water partition coefficient (Wildman–Crippen LogP) is 29.6. The van der Waals surface area contributed by atoms with Crippen LogP contribution >= 0.6 is 0 Å². The summed E-state index contributed by atoms with van der Waals surface area (Å²) in [4.78, 5) is 0.